The van der Waals surface area contributed by atoms with Gasteiger partial charge in [-0.15, -0.1) is 0 Å². The molecule has 2 aromatic rings. The highest BCUT2D eigenvalue weighted by Crippen LogP contribution is 2.23. The second-order valence-corrected chi connectivity index (χ2v) is 3.45. The van der Waals surface area contributed by atoms with Crippen molar-refractivity contribution in [3.05, 3.63) is 52.4 Å². The molecular formula is C12H9NO4. The summed E-state index contributed by atoms with van der Waals surface area (Å²) in [7, 11) is 0. The summed E-state index contributed by atoms with van der Waals surface area (Å²) in [5.74, 6) is -1.20. The van der Waals surface area contributed by atoms with Crippen LogP contribution < -0.4 is 5.56 Å². The molecule has 0 saturated carbocycles. The number of H-pyrrole nitrogens is 1. The average molecular weight is 231 g/mol. The van der Waals surface area contributed by atoms with E-state index in [1.54, 1.807) is 12.1 Å². The number of rotatable bonds is 2. The molecule has 0 atom stereocenters. The molecule has 0 aliphatic rings. The Bertz CT molecular complexity index is 613. The minimum atomic E-state index is -1.28. The number of carboxylic acid groups (broad SMARTS) is 1. The molecule has 0 bridgehead atoms. The van der Waals surface area contributed by atoms with Crippen molar-refractivity contribution in [1.29, 1.82) is 0 Å². The van der Waals surface area contributed by atoms with Crippen molar-refractivity contribution >= 4 is 5.97 Å². The lowest BCUT2D eigenvalue weighted by Gasteiger charge is -2.05. The third-order valence-corrected chi connectivity index (χ3v) is 2.35. The van der Waals surface area contributed by atoms with Crippen LogP contribution in [0.4, 0.5) is 0 Å². The lowest BCUT2D eigenvalue weighted by atomic mass is 10.0. The molecule has 0 amide bonds. The van der Waals surface area contributed by atoms with Crippen molar-refractivity contribution in [2.75, 3.05) is 0 Å². The number of carbonyl (C=O) groups is 1. The third kappa shape index (κ3) is 2.03. The zero-order valence-electron chi connectivity index (χ0n) is 8.68. The first-order valence-electron chi connectivity index (χ1n) is 4.84. The maximum Gasteiger partial charge on any atom is 0.341 e. The molecule has 0 unspecified atom stereocenters. The van der Waals surface area contributed by atoms with Crippen molar-refractivity contribution in [2.45, 2.75) is 0 Å². The number of benzene rings is 1. The molecule has 5 heteroatoms. The molecule has 86 valence electrons. The highest BCUT2D eigenvalue weighted by atomic mass is 16.4. The van der Waals surface area contributed by atoms with E-state index < -0.39 is 11.5 Å². The van der Waals surface area contributed by atoms with Crippen LogP contribution in [0, 0.1) is 0 Å². The van der Waals surface area contributed by atoms with Gasteiger partial charge in [0.1, 0.15) is 11.3 Å². The first-order chi connectivity index (χ1) is 8.09. The van der Waals surface area contributed by atoms with E-state index in [1.807, 2.05) is 0 Å². The minimum absolute atomic E-state index is 0.0791. The number of aromatic hydroxyl groups is 1. The van der Waals surface area contributed by atoms with Crippen LogP contribution >= 0.6 is 0 Å². The monoisotopic (exact) mass is 231 g/mol. The van der Waals surface area contributed by atoms with Gasteiger partial charge in [0.25, 0.3) is 5.56 Å². The van der Waals surface area contributed by atoms with E-state index in [4.69, 9.17) is 10.2 Å². The largest absolute Gasteiger partial charge is 0.508 e. The molecule has 0 saturated heterocycles. The molecule has 2 rings (SSSR count). The van der Waals surface area contributed by atoms with E-state index in [0.717, 1.165) is 0 Å². The zero-order chi connectivity index (χ0) is 12.4. The number of pyridine rings is 1. The van der Waals surface area contributed by atoms with Gasteiger partial charge in [-0.25, -0.2) is 4.79 Å². The molecule has 1 aromatic heterocycles. The number of aromatic amines is 1. The number of hydrogen-bond donors (Lipinski definition) is 3. The Labute approximate surface area is 96.0 Å². The van der Waals surface area contributed by atoms with E-state index in [1.165, 1.54) is 24.4 Å². The number of nitrogens with one attached hydrogen (secondary N) is 1. The average Bonchev–Trinajstić information content (AvgIpc) is 2.29. The molecule has 0 spiro atoms. The normalized spacial score (nSPS) is 10.1. The van der Waals surface area contributed by atoms with Crippen molar-refractivity contribution in [3.8, 4) is 16.9 Å². The number of carboxylic acids is 1. The van der Waals surface area contributed by atoms with Gasteiger partial charge in [-0.1, -0.05) is 12.1 Å². The van der Waals surface area contributed by atoms with E-state index in [9.17, 15) is 9.59 Å². The van der Waals surface area contributed by atoms with Crippen LogP contribution in [0.2, 0.25) is 0 Å². The lowest BCUT2D eigenvalue weighted by molar-refractivity contribution is 0.0696. The van der Waals surface area contributed by atoms with Gasteiger partial charge < -0.3 is 15.2 Å². The van der Waals surface area contributed by atoms with Crippen molar-refractivity contribution in [1.82, 2.24) is 4.98 Å². The maximum absolute atomic E-state index is 11.4. The number of aromatic carboxylic acids is 1. The van der Waals surface area contributed by atoms with Gasteiger partial charge in [-0.05, 0) is 23.8 Å². The number of aromatic nitrogens is 1. The molecule has 3 N–H and O–H groups in total. The Hall–Kier alpha value is -2.56. The highest BCUT2D eigenvalue weighted by molar-refractivity contribution is 5.95. The van der Waals surface area contributed by atoms with Crippen molar-refractivity contribution in [2.24, 2.45) is 0 Å². The highest BCUT2D eigenvalue weighted by Gasteiger charge is 2.15. The molecule has 0 fully saturated rings. The third-order valence-electron chi connectivity index (χ3n) is 2.35. The summed E-state index contributed by atoms with van der Waals surface area (Å²) in [6.07, 6.45) is 1.39. The Balaban J connectivity index is 2.67. The molecule has 0 radical (unpaired) electrons. The molecule has 1 heterocycles. The lowest BCUT2D eigenvalue weighted by Crippen LogP contribution is -2.18. The maximum atomic E-state index is 11.4. The van der Waals surface area contributed by atoms with Crippen molar-refractivity contribution in [3.63, 3.8) is 0 Å². The van der Waals surface area contributed by atoms with Crippen LogP contribution in [0.1, 0.15) is 10.4 Å². The van der Waals surface area contributed by atoms with Gasteiger partial charge in [0.05, 0.1) is 0 Å². The Kier molecular flexibility index (Phi) is 2.66. The van der Waals surface area contributed by atoms with Crippen LogP contribution in [-0.4, -0.2) is 21.2 Å². The number of phenols is 1. The Morgan fingerprint density at radius 1 is 1.12 bits per heavy atom. The summed E-state index contributed by atoms with van der Waals surface area (Å²) in [5.41, 5.74) is -0.0752. The zero-order valence-corrected chi connectivity index (χ0v) is 8.68. The predicted molar refractivity (Wildman–Crippen MR) is 61.1 cm³/mol. The minimum Gasteiger partial charge on any atom is -0.508 e. The molecule has 5 nitrogen and oxygen atoms in total. The summed E-state index contributed by atoms with van der Waals surface area (Å²) in [6, 6.07) is 7.48. The topological polar surface area (TPSA) is 90.4 Å². The standard InChI is InChI=1S/C12H9NO4/c14-8-3-1-7(2-4-8)9-5-6-13-11(15)10(9)12(16)17/h1-6,14H,(H,13,15)(H,16,17). The second-order valence-electron chi connectivity index (χ2n) is 3.45. The first kappa shape index (κ1) is 10.9. The fourth-order valence-corrected chi connectivity index (χ4v) is 1.57. The van der Waals surface area contributed by atoms with E-state index in [-0.39, 0.29) is 11.3 Å². The SMILES string of the molecule is O=C(O)c1c(-c2ccc(O)cc2)cc[nH]c1=O. The molecule has 0 aliphatic carbocycles. The fraction of sp³-hybridized carbons (Fsp3) is 0. The fourth-order valence-electron chi connectivity index (χ4n) is 1.57. The van der Waals surface area contributed by atoms with E-state index in [2.05, 4.69) is 4.98 Å². The second kappa shape index (κ2) is 4.13. The van der Waals surface area contributed by atoms with Crippen LogP contribution in [0.5, 0.6) is 5.75 Å². The summed E-state index contributed by atoms with van der Waals surface area (Å²) in [6.45, 7) is 0. The quantitative estimate of drug-likeness (QED) is 0.729. The molecular weight excluding hydrogens is 222 g/mol. The number of phenolic OH excluding ortho intramolecular Hbond substituents is 1. The number of hydrogen-bond acceptors (Lipinski definition) is 3. The van der Waals surface area contributed by atoms with Gasteiger partial charge in [-0.2, -0.15) is 0 Å². The summed E-state index contributed by atoms with van der Waals surface area (Å²) in [4.78, 5) is 24.8. The van der Waals surface area contributed by atoms with E-state index >= 15 is 0 Å². The molecule has 1 aromatic carbocycles. The van der Waals surface area contributed by atoms with Gasteiger partial charge in [0.2, 0.25) is 0 Å². The summed E-state index contributed by atoms with van der Waals surface area (Å²) in [5, 5.41) is 18.1. The first-order valence-corrected chi connectivity index (χ1v) is 4.84. The van der Waals surface area contributed by atoms with Crippen LogP contribution in [-0.2, 0) is 0 Å². The van der Waals surface area contributed by atoms with Gasteiger partial charge in [-0.3, -0.25) is 4.79 Å². The van der Waals surface area contributed by atoms with Crippen LogP contribution in [0.15, 0.2) is 41.3 Å². The van der Waals surface area contributed by atoms with Gasteiger partial charge in [0.15, 0.2) is 0 Å². The predicted octanol–water partition coefficient (Wildman–Crippen LogP) is 1.45. The molecule has 0 aliphatic heterocycles. The van der Waals surface area contributed by atoms with Gasteiger partial charge >= 0.3 is 5.97 Å². The van der Waals surface area contributed by atoms with Crippen LogP contribution in [0.25, 0.3) is 11.1 Å². The van der Waals surface area contributed by atoms with Gasteiger partial charge in [0, 0.05) is 11.8 Å². The molecule has 17 heavy (non-hydrogen) atoms. The Morgan fingerprint density at radius 3 is 2.35 bits per heavy atom. The van der Waals surface area contributed by atoms with Crippen molar-refractivity contribution < 1.29 is 15.0 Å². The van der Waals surface area contributed by atoms with E-state index in [0.29, 0.717) is 11.1 Å². The summed E-state index contributed by atoms with van der Waals surface area (Å²) >= 11 is 0. The Morgan fingerprint density at radius 2 is 1.76 bits per heavy atom. The summed E-state index contributed by atoms with van der Waals surface area (Å²) < 4.78 is 0. The van der Waals surface area contributed by atoms with Crippen LogP contribution in [0.3, 0.4) is 0 Å². The smallest absolute Gasteiger partial charge is 0.341 e.